The Bertz CT molecular complexity index is 1400. The van der Waals surface area contributed by atoms with Crippen LogP contribution >= 0.6 is 11.6 Å². The van der Waals surface area contributed by atoms with Gasteiger partial charge in [-0.1, -0.05) is 48.7 Å². The quantitative estimate of drug-likeness (QED) is 0.197. The van der Waals surface area contributed by atoms with Crippen LogP contribution in [0.25, 0.3) is 16.9 Å². The summed E-state index contributed by atoms with van der Waals surface area (Å²) in [5, 5.41) is 17.8. The minimum absolute atomic E-state index is 0.0661. The summed E-state index contributed by atoms with van der Waals surface area (Å²) in [6.07, 6.45) is 10.1. The molecule has 4 rings (SSSR count). The first kappa shape index (κ1) is 29.3. The second-order valence-electron chi connectivity index (χ2n) is 10.3. The Labute approximate surface area is 242 Å². The van der Waals surface area contributed by atoms with Crippen molar-refractivity contribution in [3.05, 3.63) is 82.9 Å². The molecule has 1 fully saturated rings. The molecule has 1 amide bonds. The third-order valence-electron chi connectivity index (χ3n) is 7.62. The van der Waals surface area contributed by atoms with E-state index >= 15 is 0 Å². The normalized spacial score (nSPS) is 14.0. The van der Waals surface area contributed by atoms with E-state index in [-0.39, 0.29) is 5.91 Å². The third kappa shape index (κ3) is 6.54. The maximum Gasteiger partial charge on any atom is 0.250 e. The second kappa shape index (κ2) is 13.1. The minimum atomic E-state index is -0.0661. The van der Waals surface area contributed by atoms with Crippen LogP contribution in [0.2, 0.25) is 5.02 Å². The molecule has 0 atom stereocenters. The Kier molecular flexibility index (Phi) is 9.61. The molecule has 1 saturated carbocycles. The predicted octanol–water partition coefficient (Wildman–Crippen LogP) is 6.96. The number of amides is 1. The number of carbonyl (C=O) groups excluding carboxylic acids is 1. The summed E-state index contributed by atoms with van der Waals surface area (Å²) in [4.78, 5) is 16.8. The maximum absolute atomic E-state index is 12.8. The van der Waals surface area contributed by atoms with Crippen LogP contribution in [0.15, 0.2) is 72.3 Å². The van der Waals surface area contributed by atoms with Gasteiger partial charge < -0.3 is 15.6 Å². The zero-order valence-corrected chi connectivity index (χ0v) is 24.8. The van der Waals surface area contributed by atoms with Crippen LogP contribution in [0.3, 0.4) is 0 Å². The lowest BCUT2D eigenvalue weighted by atomic mass is 9.92. The van der Waals surface area contributed by atoms with Gasteiger partial charge in [0, 0.05) is 49.0 Å². The molecule has 0 spiro atoms. The van der Waals surface area contributed by atoms with Crippen molar-refractivity contribution in [2.45, 2.75) is 45.6 Å². The fourth-order valence-corrected chi connectivity index (χ4v) is 4.80. The molecule has 0 unspecified atom stereocenters. The van der Waals surface area contributed by atoms with Gasteiger partial charge in [-0.05, 0) is 75.7 Å². The molecule has 3 aromatic rings. The van der Waals surface area contributed by atoms with Crippen molar-refractivity contribution in [3.8, 4) is 16.9 Å². The van der Waals surface area contributed by atoms with Gasteiger partial charge in [0.05, 0.1) is 17.0 Å². The van der Waals surface area contributed by atoms with E-state index in [9.17, 15) is 4.79 Å². The Morgan fingerprint density at radius 2 is 1.82 bits per heavy atom. The Morgan fingerprint density at radius 1 is 1.15 bits per heavy atom. The average molecular weight is 559 g/mol. The molecular formula is C32H39ClN6O. The highest BCUT2D eigenvalue weighted by molar-refractivity contribution is 6.30. The number of rotatable bonds is 11. The number of hydrogen-bond acceptors (Lipinski definition) is 5. The van der Waals surface area contributed by atoms with Crippen molar-refractivity contribution in [2.24, 2.45) is 0 Å². The number of nitrogens with zero attached hydrogens (tertiary/aromatic N) is 4. The number of carbonyl (C=O) groups is 1. The van der Waals surface area contributed by atoms with Gasteiger partial charge in [0.15, 0.2) is 0 Å². The molecule has 0 aliphatic heterocycles. The first-order valence-electron chi connectivity index (χ1n) is 13.8. The van der Waals surface area contributed by atoms with E-state index in [1.54, 1.807) is 18.0 Å². The van der Waals surface area contributed by atoms with Crippen molar-refractivity contribution < 1.29 is 4.79 Å². The van der Waals surface area contributed by atoms with Crippen molar-refractivity contribution >= 4 is 34.7 Å². The van der Waals surface area contributed by atoms with E-state index in [1.807, 2.05) is 79.3 Å². The van der Waals surface area contributed by atoms with Gasteiger partial charge in [0.25, 0.3) is 0 Å². The fraction of sp³-hybridized carbons (Fsp3) is 0.344. The van der Waals surface area contributed by atoms with Gasteiger partial charge in [-0.3, -0.25) is 9.69 Å². The predicted molar refractivity (Wildman–Crippen MR) is 167 cm³/mol. The number of benzene rings is 2. The number of hydrogen-bond donors (Lipinski definition) is 2. The number of aromatic nitrogens is 2. The van der Waals surface area contributed by atoms with Crippen LogP contribution < -0.4 is 10.2 Å². The SMILES string of the molecule is CC/C(C)=C/C(=N)c1c(-c2ccc(Cl)cc2)nn(-c2ccc(N(C)C(=O)C=CCN(C)C3CCC3)cc2)c1NC. The van der Waals surface area contributed by atoms with E-state index in [4.69, 9.17) is 22.1 Å². The summed E-state index contributed by atoms with van der Waals surface area (Å²) in [6, 6.07) is 15.8. The molecule has 1 aliphatic carbocycles. The highest BCUT2D eigenvalue weighted by Crippen LogP contribution is 2.33. The van der Waals surface area contributed by atoms with Gasteiger partial charge in [-0.25, -0.2) is 4.68 Å². The molecule has 1 aliphatic rings. The lowest BCUT2D eigenvalue weighted by Gasteiger charge is -2.33. The van der Waals surface area contributed by atoms with E-state index in [0.29, 0.717) is 33.9 Å². The number of anilines is 2. The summed E-state index contributed by atoms with van der Waals surface area (Å²) in [5.41, 5.74) is 5.39. The Balaban J connectivity index is 1.62. The van der Waals surface area contributed by atoms with Crippen LogP contribution in [-0.4, -0.2) is 60.0 Å². The minimum Gasteiger partial charge on any atom is -0.372 e. The number of nitrogens with one attached hydrogen (secondary N) is 2. The Hall–Kier alpha value is -3.68. The van der Waals surface area contributed by atoms with Gasteiger partial charge in [-0.15, -0.1) is 0 Å². The van der Waals surface area contributed by atoms with Gasteiger partial charge in [-0.2, -0.15) is 5.10 Å². The zero-order valence-electron chi connectivity index (χ0n) is 24.0. The topological polar surface area (TPSA) is 77.2 Å². The summed E-state index contributed by atoms with van der Waals surface area (Å²) < 4.78 is 1.81. The highest BCUT2D eigenvalue weighted by Gasteiger charge is 2.23. The van der Waals surface area contributed by atoms with Crippen LogP contribution in [0.4, 0.5) is 11.5 Å². The molecule has 2 N–H and O–H groups in total. The van der Waals surface area contributed by atoms with Crippen LogP contribution in [0.1, 0.15) is 45.1 Å². The van der Waals surface area contributed by atoms with Crippen molar-refractivity contribution in [1.82, 2.24) is 14.7 Å². The fourth-order valence-electron chi connectivity index (χ4n) is 4.67. The summed E-state index contributed by atoms with van der Waals surface area (Å²) in [6.45, 7) is 4.88. The molecule has 7 nitrogen and oxygen atoms in total. The second-order valence-corrected chi connectivity index (χ2v) is 10.8. The standard InChI is InChI=1S/C32H39ClN6O/c1-6-22(2)21-28(34)30-31(23-12-14-24(33)15-13-23)36-39(32(30)35-3)27-18-16-26(17-19-27)38(5)29(40)11-8-20-37(4)25-9-7-10-25/h8,11-19,21,25,34-35H,6-7,9-10,20H2,1-5H3/b11-8?,22-21+,34-28?. The molecule has 2 aromatic carbocycles. The molecule has 0 saturated heterocycles. The van der Waals surface area contributed by atoms with E-state index < -0.39 is 0 Å². The zero-order chi connectivity index (χ0) is 28.8. The van der Waals surface area contributed by atoms with Gasteiger partial charge >= 0.3 is 0 Å². The van der Waals surface area contributed by atoms with Crippen molar-refractivity contribution in [3.63, 3.8) is 0 Å². The van der Waals surface area contributed by atoms with Crippen molar-refractivity contribution in [1.29, 1.82) is 5.41 Å². The maximum atomic E-state index is 12.8. The summed E-state index contributed by atoms with van der Waals surface area (Å²) in [7, 11) is 5.73. The van der Waals surface area contributed by atoms with Gasteiger partial charge in [0.2, 0.25) is 5.91 Å². The van der Waals surface area contributed by atoms with Crippen molar-refractivity contribution in [2.75, 3.05) is 37.9 Å². The molecule has 8 heteroatoms. The van der Waals surface area contributed by atoms with Crippen LogP contribution in [0.5, 0.6) is 0 Å². The molecule has 0 radical (unpaired) electrons. The molecule has 1 aromatic heterocycles. The van der Waals surface area contributed by atoms with Crippen LogP contribution in [0, 0.1) is 5.41 Å². The number of likely N-dealkylation sites (N-methyl/N-ethyl adjacent to an activating group) is 2. The summed E-state index contributed by atoms with van der Waals surface area (Å²) >= 11 is 6.15. The van der Waals surface area contributed by atoms with Gasteiger partial charge in [0.1, 0.15) is 11.5 Å². The molecular weight excluding hydrogens is 520 g/mol. The number of halogens is 1. The monoisotopic (exact) mass is 558 g/mol. The van der Waals surface area contributed by atoms with E-state index in [1.165, 1.54) is 19.3 Å². The largest absolute Gasteiger partial charge is 0.372 e. The summed E-state index contributed by atoms with van der Waals surface area (Å²) in [5.74, 6) is 0.648. The molecule has 40 heavy (non-hydrogen) atoms. The highest BCUT2D eigenvalue weighted by atomic mass is 35.5. The first-order chi connectivity index (χ1) is 19.2. The number of allylic oxidation sites excluding steroid dienone is 2. The third-order valence-corrected chi connectivity index (χ3v) is 7.87. The molecule has 210 valence electrons. The van der Waals surface area contributed by atoms with Crippen LogP contribution in [-0.2, 0) is 4.79 Å². The molecule has 0 bridgehead atoms. The average Bonchev–Trinajstić information content (AvgIpc) is 3.31. The Morgan fingerprint density at radius 3 is 2.40 bits per heavy atom. The smallest absolute Gasteiger partial charge is 0.250 e. The lowest BCUT2D eigenvalue weighted by Crippen LogP contribution is -2.37. The lowest BCUT2D eigenvalue weighted by molar-refractivity contribution is -0.113. The first-order valence-corrected chi connectivity index (χ1v) is 14.2. The van der Waals surface area contributed by atoms with E-state index in [0.717, 1.165) is 35.5 Å². The van der Waals surface area contributed by atoms with E-state index in [2.05, 4.69) is 24.2 Å². The molecule has 1 heterocycles.